The van der Waals surface area contributed by atoms with Gasteiger partial charge in [0.25, 0.3) is 0 Å². The van der Waals surface area contributed by atoms with E-state index in [9.17, 15) is 0 Å². The zero-order chi connectivity index (χ0) is 20.6. The quantitative estimate of drug-likeness (QED) is 0.276. The third-order valence-corrected chi connectivity index (χ3v) is 9.84. The average Bonchev–Trinajstić information content (AvgIpc) is 3.56. The predicted octanol–water partition coefficient (Wildman–Crippen LogP) is 6.69. The van der Waals surface area contributed by atoms with Gasteiger partial charge in [0.1, 0.15) is 0 Å². The summed E-state index contributed by atoms with van der Waals surface area (Å²) in [6.45, 7) is 18.0. The van der Waals surface area contributed by atoms with E-state index in [0.29, 0.717) is 0 Å². The Morgan fingerprint density at radius 1 is 0.182 bits per heavy atom. The van der Waals surface area contributed by atoms with Gasteiger partial charge in [0, 0.05) is 38.5 Å². The highest BCUT2D eigenvalue weighted by atomic mass is 15.4. The van der Waals surface area contributed by atoms with Crippen molar-refractivity contribution in [2.24, 2.45) is 0 Å². The van der Waals surface area contributed by atoms with Gasteiger partial charge >= 0.3 is 0 Å². The highest BCUT2D eigenvalue weighted by Crippen LogP contribution is 2.27. The van der Waals surface area contributed by atoms with E-state index in [1.54, 1.807) is 0 Å². The topological polar surface area (TPSA) is 0 Å². The van der Waals surface area contributed by atoms with Gasteiger partial charge in [-0.15, -0.1) is 0 Å². The molecule has 0 saturated carbocycles. The summed E-state index contributed by atoms with van der Waals surface area (Å²) in [6, 6.07) is 0. The Morgan fingerprint density at radius 2 is 0.303 bits per heavy atom. The zero-order valence-electron chi connectivity index (χ0n) is 23.4. The minimum absolute atomic E-state index is 0. The van der Waals surface area contributed by atoms with Crippen molar-refractivity contribution in [3.63, 3.8) is 0 Å². The highest BCUT2D eigenvalue weighted by Gasteiger charge is 2.35. The molecule has 6 rings (SSSR count). The maximum absolute atomic E-state index is 1.50. The van der Waals surface area contributed by atoms with Crippen LogP contribution >= 0.6 is 0 Å². The summed E-state index contributed by atoms with van der Waals surface area (Å²) >= 11 is 0. The Morgan fingerprint density at radius 3 is 0.455 bits per heavy atom. The van der Waals surface area contributed by atoms with Crippen LogP contribution in [0.4, 0.5) is 0 Å². The lowest BCUT2D eigenvalue weighted by molar-refractivity contribution is -0.936. The maximum Gasteiger partial charge on any atom is 0.0788 e. The molecule has 0 atom stereocenters. The highest BCUT2D eigenvalue weighted by molar-refractivity contribution is 4.61. The Labute approximate surface area is 210 Å². The van der Waals surface area contributed by atoms with Crippen LogP contribution in [0.2, 0.25) is 0 Å². The molecular weight excluding hydrogens is 402 g/mol. The van der Waals surface area contributed by atoms with Gasteiger partial charge < -0.3 is 35.7 Å². The van der Waals surface area contributed by atoms with Gasteiger partial charge in [-0.05, 0) is 57.8 Å². The van der Waals surface area contributed by atoms with Crippen molar-refractivity contribution >= 4 is 0 Å². The molecule has 0 unspecified atom stereocenters. The number of rotatable bonds is 0. The second-order valence-corrected chi connectivity index (χ2v) is 12.0. The van der Waals surface area contributed by atoms with Crippen molar-refractivity contribution in [2.45, 2.75) is 96.3 Å². The van der Waals surface area contributed by atoms with Crippen LogP contribution in [0.1, 0.15) is 96.3 Å². The molecule has 0 bridgehead atoms. The standard InChI is InChI=1S/C10H20N.C9H18N.C8H16N.3CH3/c1-3-7-11(8-4-1)9-5-2-6-10-11;1-2-6-10(7-3-1)8-4-5-9-10;1-2-6-9(5-1)7-3-4-8-9;;;/h1-10H2;1-9H2;1-8H2;3*1H3/q3*+1;3*-1. The van der Waals surface area contributed by atoms with Gasteiger partial charge in [-0.1, -0.05) is 0 Å². The molecule has 0 radical (unpaired) electrons. The van der Waals surface area contributed by atoms with Gasteiger partial charge in [0.05, 0.1) is 78.5 Å². The molecule has 6 aliphatic rings. The average molecular weight is 466 g/mol. The summed E-state index contributed by atoms with van der Waals surface area (Å²) < 4.78 is 4.50. The van der Waals surface area contributed by atoms with Crippen molar-refractivity contribution in [3.05, 3.63) is 22.3 Å². The van der Waals surface area contributed by atoms with E-state index in [1.807, 2.05) is 0 Å². The molecule has 198 valence electrons. The van der Waals surface area contributed by atoms with Crippen LogP contribution in [0.25, 0.3) is 0 Å². The molecule has 0 aromatic carbocycles. The zero-order valence-corrected chi connectivity index (χ0v) is 23.4. The van der Waals surface area contributed by atoms with Crippen molar-refractivity contribution in [1.29, 1.82) is 0 Å². The van der Waals surface area contributed by atoms with Crippen LogP contribution < -0.4 is 0 Å². The normalized spacial score (nSPS) is 28.4. The number of piperidine rings is 3. The van der Waals surface area contributed by atoms with Gasteiger partial charge in [-0.25, -0.2) is 0 Å². The van der Waals surface area contributed by atoms with Crippen LogP contribution in [0.15, 0.2) is 0 Å². The summed E-state index contributed by atoms with van der Waals surface area (Å²) in [4.78, 5) is 0. The van der Waals surface area contributed by atoms with E-state index < -0.39 is 0 Å². The molecule has 6 aliphatic heterocycles. The summed E-state index contributed by atoms with van der Waals surface area (Å²) in [5, 5.41) is 0. The van der Waals surface area contributed by atoms with Gasteiger partial charge in [0.2, 0.25) is 0 Å². The number of nitrogens with zero attached hydrogens (tertiary/aromatic N) is 3. The van der Waals surface area contributed by atoms with E-state index in [0.717, 1.165) is 0 Å². The van der Waals surface area contributed by atoms with Crippen LogP contribution in [0.3, 0.4) is 0 Å². The van der Waals surface area contributed by atoms with Crippen LogP contribution in [-0.4, -0.2) is 92.0 Å². The fourth-order valence-electron chi connectivity index (χ4n) is 7.91. The Balaban J connectivity index is 0.000000238. The minimum Gasteiger partial charge on any atom is -0.358 e. The Hall–Kier alpha value is -0.120. The molecule has 0 N–H and O–H groups in total. The first kappa shape index (κ1) is 30.9. The molecule has 6 saturated heterocycles. The van der Waals surface area contributed by atoms with Crippen molar-refractivity contribution < 1.29 is 13.4 Å². The lowest BCUT2D eigenvalue weighted by Gasteiger charge is -2.44. The molecule has 33 heavy (non-hydrogen) atoms. The second kappa shape index (κ2) is 15.1. The fourth-order valence-corrected chi connectivity index (χ4v) is 7.91. The summed E-state index contributed by atoms with van der Waals surface area (Å²) in [5.74, 6) is 0. The van der Waals surface area contributed by atoms with Gasteiger partial charge in [0.15, 0.2) is 0 Å². The number of hydrogen-bond acceptors (Lipinski definition) is 0. The molecular formula is C30H63N3. The predicted molar refractivity (Wildman–Crippen MR) is 148 cm³/mol. The fraction of sp³-hybridized carbons (Fsp3) is 0.900. The van der Waals surface area contributed by atoms with Gasteiger partial charge in [-0.2, -0.15) is 0 Å². The first-order chi connectivity index (χ1) is 14.7. The smallest absolute Gasteiger partial charge is 0.0788 e. The van der Waals surface area contributed by atoms with Crippen LogP contribution in [0.5, 0.6) is 0 Å². The third kappa shape index (κ3) is 8.80. The Kier molecular flexibility index (Phi) is 14.1. The molecule has 3 nitrogen and oxygen atoms in total. The van der Waals surface area contributed by atoms with Crippen molar-refractivity contribution in [3.8, 4) is 0 Å². The molecule has 3 spiro atoms. The van der Waals surface area contributed by atoms with E-state index >= 15 is 0 Å². The van der Waals surface area contributed by atoms with E-state index in [-0.39, 0.29) is 22.3 Å². The third-order valence-electron chi connectivity index (χ3n) is 9.84. The summed E-state index contributed by atoms with van der Waals surface area (Å²) in [6.07, 6.45) is 22.5. The SMILES string of the molecule is C1CC[N+]2(C1)CCCC2.C1CC[N+]2(CC1)CCCC2.C1CC[N+]2(CC1)CCCCC2.[CH3-].[CH3-].[CH3-]. The van der Waals surface area contributed by atoms with Crippen molar-refractivity contribution in [2.75, 3.05) is 78.5 Å². The molecule has 0 aromatic rings. The second-order valence-electron chi connectivity index (χ2n) is 12.0. The lowest BCUT2D eigenvalue weighted by atomic mass is 10.0. The first-order valence-corrected chi connectivity index (χ1v) is 14.3. The maximum atomic E-state index is 1.50. The first-order valence-electron chi connectivity index (χ1n) is 14.3. The summed E-state index contributed by atoms with van der Waals surface area (Å²) in [7, 11) is 0. The van der Waals surface area contributed by atoms with E-state index in [1.165, 1.54) is 188 Å². The van der Waals surface area contributed by atoms with Gasteiger partial charge in [-0.3, -0.25) is 0 Å². The Bertz CT molecular complexity index is 428. The van der Waals surface area contributed by atoms with E-state index in [4.69, 9.17) is 0 Å². The molecule has 3 heteroatoms. The largest absolute Gasteiger partial charge is 0.358 e. The molecule has 6 fully saturated rings. The molecule has 6 heterocycles. The lowest BCUT2D eigenvalue weighted by Crippen LogP contribution is -2.54. The summed E-state index contributed by atoms with van der Waals surface area (Å²) in [5.41, 5.74) is 0. The van der Waals surface area contributed by atoms with Crippen LogP contribution in [0, 0.1) is 22.3 Å². The number of hydrogen-bond donors (Lipinski definition) is 0. The van der Waals surface area contributed by atoms with E-state index in [2.05, 4.69) is 0 Å². The monoisotopic (exact) mass is 466 g/mol. The molecule has 0 aliphatic carbocycles. The molecule has 0 aromatic heterocycles. The molecule has 0 amide bonds. The number of quaternary nitrogens is 3. The van der Waals surface area contributed by atoms with Crippen molar-refractivity contribution in [1.82, 2.24) is 0 Å². The van der Waals surface area contributed by atoms with Crippen LogP contribution in [-0.2, 0) is 0 Å². The minimum atomic E-state index is 0.